The largest absolute Gasteiger partial charge is 0.480 e. The number of hydrogen-bond acceptors (Lipinski definition) is 5. The molecule has 0 aromatic carbocycles. The molecule has 0 spiro atoms. The van der Waals surface area contributed by atoms with Crippen LogP contribution in [0.2, 0.25) is 0 Å². The fraction of sp³-hybridized carbons (Fsp3) is 0.417. The van der Waals surface area contributed by atoms with E-state index in [-0.39, 0.29) is 11.8 Å². The van der Waals surface area contributed by atoms with Gasteiger partial charge in [-0.15, -0.1) is 0 Å². The SMILES string of the molecule is CNC(=O)Oc1cnc(OC)c(N2CCN(C)C2=O)c1. The van der Waals surface area contributed by atoms with Gasteiger partial charge in [0.2, 0.25) is 5.88 Å². The molecule has 1 aromatic rings. The molecule has 0 saturated carbocycles. The second-order valence-corrected chi connectivity index (χ2v) is 4.19. The Morgan fingerprint density at radius 3 is 2.75 bits per heavy atom. The van der Waals surface area contributed by atoms with Gasteiger partial charge in [-0.25, -0.2) is 14.6 Å². The lowest BCUT2D eigenvalue weighted by atomic mass is 10.3. The lowest BCUT2D eigenvalue weighted by Crippen LogP contribution is -2.29. The highest BCUT2D eigenvalue weighted by molar-refractivity contribution is 5.95. The highest BCUT2D eigenvalue weighted by Gasteiger charge is 2.29. The van der Waals surface area contributed by atoms with Gasteiger partial charge in [-0.1, -0.05) is 0 Å². The van der Waals surface area contributed by atoms with Gasteiger partial charge in [0.25, 0.3) is 0 Å². The van der Waals surface area contributed by atoms with Crippen molar-refractivity contribution >= 4 is 17.8 Å². The van der Waals surface area contributed by atoms with Gasteiger partial charge in [-0.05, 0) is 0 Å². The number of hydrogen-bond donors (Lipinski definition) is 1. The molecule has 0 atom stereocenters. The molecule has 1 aromatic heterocycles. The highest BCUT2D eigenvalue weighted by Crippen LogP contribution is 2.31. The number of nitrogens with one attached hydrogen (secondary N) is 1. The molecule has 1 aliphatic heterocycles. The number of urea groups is 1. The zero-order chi connectivity index (χ0) is 14.7. The number of methoxy groups -OCH3 is 1. The first kappa shape index (κ1) is 13.9. The molecule has 8 heteroatoms. The molecule has 0 unspecified atom stereocenters. The van der Waals surface area contributed by atoms with Gasteiger partial charge >= 0.3 is 12.1 Å². The fourth-order valence-corrected chi connectivity index (χ4v) is 1.86. The summed E-state index contributed by atoms with van der Waals surface area (Å²) < 4.78 is 10.2. The Morgan fingerprint density at radius 2 is 2.20 bits per heavy atom. The first-order valence-electron chi connectivity index (χ1n) is 6.03. The van der Waals surface area contributed by atoms with Crippen molar-refractivity contribution in [3.63, 3.8) is 0 Å². The predicted molar refractivity (Wildman–Crippen MR) is 71.2 cm³/mol. The lowest BCUT2D eigenvalue weighted by Gasteiger charge is -2.18. The first-order valence-corrected chi connectivity index (χ1v) is 6.03. The number of carbonyl (C=O) groups excluding carboxylic acids is 2. The zero-order valence-corrected chi connectivity index (χ0v) is 11.5. The van der Waals surface area contributed by atoms with Gasteiger partial charge in [0, 0.05) is 33.3 Å². The smallest absolute Gasteiger partial charge is 0.412 e. The van der Waals surface area contributed by atoms with Crippen LogP contribution in [0.3, 0.4) is 0 Å². The van der Waals surface area contributed by atoms with Crippen molar-refractivity contribution in [2.45, 2.75) is 0 Å². The third-order valence-electron chi connectivity index (χ3n) is 2.92. The van der Waals surface area contributed by atoms with Crippen LogP contribution in [0.25, 0.3) is 0 Å². The number of likely N-dealkylation sites (N-methyl/N-ethyl adjacent to an activating group) is 1. The zero-order valence-electron chi connectivity index (χ0n) is 11.5. The molecular weight excluding hydrogens is 264 g/mol. The van der Waals surface area contributed by atoms with Crippen LogP contribution < -0.4 is 19.7 Å². The molecule has 0 bridgehead atoms. The number of aromatic nitrogens is 1. The average Bonchev–Trinajstić information content (AvgIpc) is 2.78. The molecule has 2 rings (SSSR count). The topological polar surface area (TPSA) is 84.0 Å². The minimum Gasteiger partial charge on any atom is -0.480 e. The molecule has 1 fully saturated rings. The second kappa shape index (κ2) is 5.64. The molecular formula is C12H16N4O4. The van der Waals surface area contributed by atoms with E-state index in [1.165, 1.54) is 25.3 Å². The number of carbonyl (C=O) groups is 2. The molecule has 20 heavy (non-hydrogen) atoms. The average molecular weight is 280 g/mol. The first-order chi connectivity index (χ1) is 9.56. The summed E-state index contributed by atoms with van der Waals surface area (Å²) in [6, 6.07) is 1.40. The van der Waals surface area contributed by atoms with Crippen LogP contribution in [0.15, 0.2) is 12.3 Å². The summed E-state index contributed by atoms with van der Waals surface area (Å²) in [5.41, 5.74) is 0.475. The predicted octanol–water partition coefficient (Wildman–Crippen LogP) is 0.680. The molecule has 1 saturated heterocycles. The summed E-state index contributed by atoms with van der Waals surface area (Å²) in [6.07, 6.45) is 0.759. The third-order valence-corrected chi connectivity index (χ3v) is 2.92. The maximum absolute atomic E-state index is 12.0. The summed E-state index contributed by atoms with van der Waals surface area (Å²) in [5, 5.41) is 2.34. The molecule has 0 radical (unpaired) electrons. The number of nitrogens with zero attached hydrogens (tertiary/aromatic N) is 3. The number of rotatable bonds is 3. The summed E-state index contributed by atoms with van der Waals surface area (Å²) in [4.78, 5) is 30.4. The van der Waals surface area contributed by atoms with E-state index in [4.69, 9.17) is 9.47 Å². The van der Waals surface area contributed by atoms with Crippen molar-refractivity contribution in [3.05, 3.63) is 12.3 Å². The van der Waals surface area contributed by atoms with E-state index in [2.05, 4.69) is 10.3 Å². The second-order valence-electron chi connectivity index (χ2n) is 4.19. The van der Waals surface area contributed by atoms with E-state index < -0.39 is 6.09 Å². The van der Waals surface area contributed by atoms with E-state index in [0.29, 0.717) is 24.7 Å². The summed E-state index contributed by atoms with van der Waals surface area (Å²) in [6.45, 7) is 1.14. The summed E-state index contributed by atoms with van der Waals surface area (Å²) in [7, 11) is 4.64. The van der Waals surface area contributed by atoms with Gasteiger partial charge < -0.3 is 19.7 Å². The number of ether oxygens (including phenoxy) is 2. The number of pyridine rings is 1. The van der Waals surface area contributed by atoms with E-state index in [1.807, 2.05) is 0 Å². The van der Waals surface area contributed by atoms with Crippen molar-refractivity contribution in [2.24, 2.45) is 0 Å². The van der Waals surface area contributed by atoms with Gasteiger partial charge in [0.05, 0.1) is 13.3 Å². The Bertz CT molecular complexity index is 534. The highest BCUT2D eigenvalue weighted by atomic mass is 16.6. The monoisotopic (exact) mass is 280 g/mol. The van der Waals surface area contributed by atoms with Crippen molar-refractivity contribution < 1.29 is 19.1 Å². The van der Waals surface area contributed by atoms with E-state index >= 15 is 0 Å². The Morgan fingerprint density at radius 1 is 1.45 bits per heavy atom. The fourth-order valence-electron chi connectivity index (χ4n) is 1.86. The Hall–Kier alpha value is -2.51. The lowest BCUT2D eigenvalue weighted by molar-refractivity contribution is 0.202. The van der Waals surface area contributed by atoms with E-state index in [9.17, 15) is 9.59 Å². The van der Waals surface area contributed by atoms with Crippen LogP contribution in [0.4, 0.5) is 15.3 Å². The maximum atomic E-state index is 12.0. The van der Waals surface area contributed by atoms with Crippen LogP contribution in [0, 0.1) is 0 Å². The van der Waals surface area contributed by atoms with Crippen molar-refractivity contribution in [1.29, 1.82) is 0 Å². The number of anilines is 1. The third kappa shape index (κ3) is 2.58. The molecule has 2 heterocycles. The van der Waals surface area contributed by atoms with Crippen LogP contribution in [0.5, 0.6) is 11.6 Å². The summed E-state index contributed by atoms with van der Waals surface area (Å²) in [5.74, 6) is 0.542. The van der Waals surface area contributed by atoms with Crippen molar-refractivity contribution in [2.75, 3.05) is 39.2 Å². The van der Waals surface area contributed by atoms with E-state index in [1.54, 1.807) is 18.0 Å². The molecule has 1 N–H and O–H groups in total. The Labute approximate surface area is 116 Å². The maximum Gasteiger partial charge on any atom is 0.412 e. The minimum absolute atomic E-state index is 0.151. The van der Waals surface area contributed by atoms with Gasteiger partial charge in [0.15, 0.2) is 5.75 Å². The molecule has 8 nitrogen and oxygen atoms in total. The van der Waals surface area contributed by atoms with Crippen LogP contribution in [-0.4, -0.2) is 56.3 Å². The Kier molecular flexibility index (Phi) is 3.92. The molecule has 108 valence electrons. The van der Waals surface area contributed by atoms with Gasteiger partial charge in [0.1, 0.15) is 5.69 Å². The van der Waals surface area contributed by atoms with Crippen LogP contribution in [-0.2, 0) is 0 Å². The Balaban J connectivity index is 2.32. The quantitative estimate of drug-likeness (QED) is 0.880. The van der Waals surface area contributed by atoms with Crippen molar-refractivity contribution in [1.82, 2.24) is 15.2 Å². The minimum atomic E-state index is -0.604. The van der Waals surface area contributed by atoms with Gasteiger partial charge in [-0.3, -0.25) is 4.90 Å². The molecule has 0 aliphatic carbocycles. The standard InChI is InChI=1S/C12H16N4O4/c1-13-11(17)20-8-6-9(10(19-3)14-7-8)16-5-4-15(2)12(16)18/h6-7H,4-5H2,1-3H3,(H,13,17). The number of amides is 3. The van der Waals surface area contributed by atoms with Gasteiger partial charge in [-0.2, -0.15) is 0 Å². The van der Waals surface area contributed by atoms with Crippen LogP contribution >= 0.6 is 0 Å². The molecule has 1 aliphatic rings. The normalized spacial score (nSPS) is 14.4. The summed E-state index contributed by atoms with van der Waals surface area (Å²) >= 11 is 0. The molecule has 3 amide bonds. The van der Waals surface area contributed by atoms with Crippen molar-refractivity contribution in [3.8, 4) is 11.6 Å². The van der Waals surface area contributed by atoms with Crippen LogP contribution in [0.1, 0.15) is 0 Å². The van der Waals surface area contributed by atoms with E-state index in [0.717, 1.165) is 0 Å².